The number of hydrogen-bond acceptors (Lipinski definition) is 6. The molecule has 4 rings (SSSR count). The molecule has 1 aliphatic heterocycles. The van der Waals surface area contributed by atoms with Crippen molar-refractivity contribution in [1.29, 1.82) is 5.26 Å². The predicted octanol–water partition coefficient (Wildman–Crippen LogP) is 2.43. The number of aromatic nitrogens is 3. The minimum Gasteiger partial charge on any atom is -0.342 e. The Morgan fingerprint density at radius 2 is 2.12 bits per heavy atom. The van der Waals surface area contributed by atoms with Crippen LogP contribution in [0.1, 0.15) is 24.3 Å². The zero-order valence-electron chi connectivity index (χ0n) is 12.9. The Labute approximate surface area is 142 Å². The highest BCUT2D eigenvalue weighted by atomic mass is 32.1. The lowest BCUT2D eigenvalue weighted by atomic mass is 9.91. The fourth-order valence-electron chi connectivity index (χ4n) is 3.27. The summed E-state index contributed by atoms with van der Waals surface area (Å²) in [5.41, 5.74) is 0.839. The van der Waals surface area contributed by atoms with Gasteiger partial charge in [-0.3, -0.25) is 4.79 Å². The van der Waals surface area contributed by atoms with Crippen LogP contribution in [-0.2, 0) is 0 Å². The van der Waals surface area contributed by atoms with Crippen LogP contribution in [0.25, 0.3) is 4.96 Å². The zero-order chi connectivity index (χ0) is 16.5. The van der Waals surface area contributed by atoms with Gasteiger partial charge in [0.05, 0.1) is 18.0 Å². The van der Waals surface area contributed by atoms with E-state index in [1.54, 1.807) is 0 Å². The summed E-state index contributed by atoms with van der Waals surface area (Å²) in [5, 5.41) is 14.9. The summed E-state index contributed by atoms with van der Waals surface area (Å²) in [6, 6.07) is 13.8. The van der Waals surface area contributed by atoms with Crippen LogP contribution in [0.3, 0.4) is 0 Å². The van der Waals surface area contributed by atoms with Crippen LogP contribution in [0.5, 0.6) is 0 Å². The fourth-order valence-corrected chi connectivity index (χ4v) is 4.23. The number of benzene rings is 1. The van der Waals surface area contributed by atoms with Gasteiger partial charge in [-0.15, -0.1) is 5.10 Å². The maximum Gasteiger partial charge on any atom is 0.275 e. The van der Waals surface area contributed by atoms with E-state index in [0.29, 0.717) is 4.96 Å². The van der Waals surface area contributed by atoms with Crippen molar-refractivity contribution >= 4 is 21.4 Å². The van der Waals surface area contributed by atoms with E-state index in [2.05, 4.69) is 21.1 Å². The summed E-state index contributed by atoms with van der Waals surface area (Å²) in [6.45, 7) is 0.838. The maximum atomic E-state index is 11.9. The van der Waals surface area contributed by atoms with E-state index < -0.39 is 0 Å². The van der Waals surface area contributed by atoms with E-state index in [0.717, 1.165) is 30.1 Å². The molecule has 1 saturated heterocycles. The Balaban J connectivity index is 1.73. The number of hydrogen-bond donors (Lipinski definition) is 0. The summed E-state index contributed by atoms with van der Waals surface area (Å²) in [4.78, 5) is 18.8. The third-order valence-electron chi connectivity index (χ3n) is 4.39. The van der Waals surface area contributed by atoms with Crippen molar-refractivity contribution in [2.24, 2.45) is 0 Å². The minimum atomic E-state index is -0.217. The Kier molecular flexibility index (Phi) is 3.75. The second kappa shape index (κ2) is 6.06. The van der Waals surface area contributed by atoms with E-state index in [1.807, 2.05) is 30.3 Å². The molecular formula is C17H15N5OS. The average Bonchev–Trinajstić information content (AvgIpc) is 3.24. The van der Waals surface area contributed by atoms with Crippen LogP contribution >= 0.6 is 11.3 Å². The summed E-state index contributed by atoms with van der Waals surface area (Å²) < 4.78 is 1.33. The molecule has 2 unspecified atom stereocenters. The van der Waals surface area contributed by atoms with Crippen LogP contribution in [0, 0.1) is 11.3 Å². The molecule has 0 bridgehead atoms. The van der Waals surface area contributed by atoms with E-state index >= 15 is 0 Å². The average molecular weight is 337 g/mol. The van der Waals surface area contributed by atoms with Crippen molar-refractivity contribution in [3.63, 3.8) is 0 Å². The summed E-state index contributed by atoms with van der Waals surface area (Å²) in [5.74, 6) is -0.217. The molecule has 1 aliphatic rings. The van der Waals surface area contributed by atoms with Crippen LogP contribution in [0.2, 0.25) is 0 Å². The van der Waals surface area contributed by atoms with E-state index in [1.165, 1.54) is 28.1 Å². The first-order valence-corrected chi connectivity index (χ1v) is 8.65. The quantitative estimate of drug-likeness (QED) is 0.734. The van der Waals surface area contributed by atoms with Crippen LogP contribution in [0.4, 0.5) is 5.13 Å². The smallest absolute Gasteiger partial charge is 0.275 e. The monoisotopic (exact) mass is 337 g/mol. The topological polar surface area (TPSA) is 74.3 Å². The van der Waals surface area contributed by atoms with Gasteiger partial charge in [-0.05, 0) is 18.4 Å². The molecule has 0 aliphatic carbocycles. The van der Waals surface area contributed by atoms with Crippen LogP contribution in [0.15, 0.2) is 47.4 Å². The zero-order valence-corrected chi connectivity index (χ0v) is 13.7. The maximum absolute atomic E-state index is 11.9. The molecular weight excluding hydrogens is 322 g/mol. The van der Waals surface area contributed by atoms with Crippen molar-refractivity contribution in [3.8, 4) is 6.07 Å². The molecule has 0 saturated carbocycles. The van der Waals surface area contributed by atoms with Crippen molar-refractivity contribution in [2.45, 2.75) is 24.8 Å². The molecule has 0 radical (unpaired) electrons. The predicted molar refractivity (Wildman–Crippen MR) is 92.3 cm³/mol. The Bertz CT molecular complexity index is 958. The van der Waals surface area contributed by atoms with Gasteiger partial charge in [0.2, 0.25) is 10.1 Å². The molecule has 1 aromatic carbocycles. The van der Waals surface area contributed by atoms with Gasteiger partial charge in [0.15, 0.2) is 0 Å². The second-order valence-corrected chi connectivity index (χ2v) is 6.72. The lowest BCUT2D eigenvalue weighted by Gasteiger charge is -2.27. The van der Waals surface area contributed by atoms with Gasteiger partial charge in [-0.2, -0.15) is 9.78 Å². The van der Waals surface area contributed by atoms with Crippen LogP contribution < -0.4 is 10.5 Å². The third kappa shape index (κ3) is 2.45. The van der Waals surface area contributed by atoms with Gasteiger partial charge in [0.1, 0.15) is 0 Å². The highest BCUT2D eigenvalue weighted by Gasteiger charge is 2.34. The van der Waals surface area contributed by atoms with Gasteiger partial charge in [-0.25, -0.2) is 4.98 Å². The molecule has 1 fully saturated rings. The van der Waals surface area contributed by atoms with Crippen molar-refractivity contribution < 1.29 is 0 Å². The lowest BCUT2D eigenvalue weighted by molar-refractivity contribution is 0.608. The van der Waals surface area contributed by atoms with Gasteiger partial charge < -0.3 is 4.90 Å². The number of nitrogens with zero attached hydrogens (tertiary/aromatic N) is 5. The molecule has 0 amide bonds. The summed E-state index contributed by atoms with van der Waals surface area (Å²) >= 11 is 1.39. The molecule has 0 spiro atoms. The normalized spacial score (nSPS) is 18.6. The molecule has 2 atom stereocenters. The standard InChI is InChI=1S/C17H15N5OS/c18-11-13(12-5-2-1-3-6-12)14-7-4-10-21(14)17-20-22-15(23)8-9-19-16(22)24-17/h1-3,5-6,8-9,13-14H,4,7,10H2. The first-order valence-electron chi connectivity index (χ1n) is 7.84. The van der Waals surface area contributed by atoms with Crippen molar-refractivity contribution in [1.82, 2.24) is 14.6 Å². The summed E-state index contributed by atoms with van der Waals surface area (Å²) in [7, 11) is 0. The number of fused-ring (bicyclic) bond motifs is 1. The molecule has 0 N–H and O–H groups in total. The van der Waals surface area contributed by atoms with E-state index in [9.17, 15) is 10.1 Å². The minimum absolute atomic E-state index is 0.0636. The van der Waals surface area contributed by atoms with Gasteiger partial charge >= 0.3 is 0 Å². The highest BCUT2D eigenvalue weighted by Crippen LogP contribution is 2.35. The van der Waals surface area contributed by atoms with Gasteiger partial charge in [0, 0.05) is 18.8 Å². The lowest BCUT2D eigenvalue weighted by Crippen LogP contribution is -2.34. The van der Waals surface area contributed by atoms with E-state index in [-0.39, 0.29) is 17.5 Å². The number of anilines is 1. The van der Waals surface area contributed by atoms with Crippen molar-refractivity contribution in [2.75, 3.05) is 11.4 Å². The van der Waals surface area contributed by atoms with Gasteiger partial charge in [0.25, 0.3) is 5.56 Å². The molecule has 2 aromatic heterocycles. The highest BCUT2D eigenvalue weighted by molar-refractivity contribution is 7.20. The van der Waals surface area contributed by atoms with E-state index in [4.69, 9.17) is 0 Å². The largest absolute Gasteiger partial charge is 0.342 e. The van der Waals surface area contributed by atoms with Crippen molar-refractivity contribution in [3.05, 3.63) is 58.5 Å². The number of rotatable bonds is 3. The fraction of sp³-hybridized carbons (Fsp3) is 0.294. The number of nitriles is 1. The molecule has 24 heavy (non-hydrogen) atoms. The Morgan fingerprint density at radius 1 is 1.29 bits per heavy atom. The van der Waals surface area contributed by atoms with Crippen LogP contribution in [-0.4, -0.2) is 27.2 Å². The summed E-state index contributed by atoms with van der Waals surface area (Å²) in [6.07, 6.45) is 3.45. The molecule has 6 nitrogen and oxygen atoms in total. The molecule has 7 heteroatoms. The molecule has 3 heterocycles. The first kappa shape index (κ1) is 14.8. The third-order valence-corrected chi connectivity index (χ3v) is 5.35. The first-order chi connectivity index (χ1) is 11.8. The Hall–Kier alpha value is -2.72. The SMILES string of the molecule is N#CC(c1ccccc1)C1CCCN1c1nn2c(=O)ccnc2s1. The molecule has 3 aromatic rings. The Morgan fingerprint density at radius 3 is 2.88 bits per heavy atom. The second-order valence-electron chi connectivity index (χ2n) is 5.78. The molecule has 120 valence electrons. The van der Waals surface area contributed by atoms with Gasteiger partial charge in [-0.1, -0.05) is 41.7 Å².